The third-order valence-electron chi connectivity index (χ3n) is 7.00. The molecular weight excluding hydrogens is 494 g/mol. The highest BCUT2D eigenvalue weighted by Gasteiger charge is 2.26. The zero-order valence-corrected chi connectivity index (χ0v) is 21.7. The van der Waals surface area contributed by atoms with Crippen LogP contribution >= 0.6 is 0 Å². The van der Waals surface area contributed by atoms with Gasteiger partial charge in [0.15, 0.2) is 0 Å². The molecule has 0 spiro atoms. The summed E-state index contributed by atoms with van der Waals surface area (Å²) < 4.78 is 38.6. The van der Waals surface area contributed by atoms with E-state index in [1.54, 1.807) is 38.1 Å². The van der Waals surface area contributed by atoms with Crippen LogP contribution in [-0.2, 0) is 31.9 Å². The Morgan fingerprint density at radius 1 is 0.816 bits per heavy atom. The molecule has 4 N–H and O–H groups in total. The highest BCUT2D eigenvalue weighted by atomic mass is 19.1. The van der Waals surface area contributed by atoms with Gasteiger partial charge in [-0.25, -0.2) is 18.4 Å². The molecule has 0 bridgehead atoms. The lowest BCUT2D eigenvalue weighted by atomic mass is 10.1. The molecule has 2 aromatic rings. The number of ether oxygens (including phenoxy) is 2. The minimum absolute atomic E-state index is 0.0893. The molecule has 8 nitrogen and oxygen atoms in total. The third kappa shape index (κ3) is 6.31. The first-order valence-electron chi connectivity index (χ1n) is 12.8. The minimum Gasteiger partial charge on any atom is -0.456 e. The maximum Gasteiger partial charge on any atom is 0.331 e. The number of hydrogen-bond acceptors (Lipinski definition) is 8. The van der Waals surface area contributed by atoms with Gasteiger partial charge in [0.2, 0.25) is 0 Å². The van der Waals surface area contributed by atoms with Crippen LogP contribution < -0.4 is 21.3 Å². The molecule has 2 atom stereocenters. The summed E-state index contributed by atoms with van der Waals surface area (Å²) in [5.41, 5.74) is 16.4. The van der Waals surface area contributed by atoms with Gasteiger partial charge in [0.1, 0.15) is 23.8 Å². The number of hydrogen-bond donors (Lipinski definition) is 2. The maximum absolute atomic E-state index is 13.9. The fraction of sp³-hybridized carbons (Fsp3) is 0.429. The smallest absolute Gasteiger partial charge is 0.331 e. The fourth-order valence-corrected chi connectivity index (χ4v) is 4.89. The molecule has 2 aliphatic heterocycles. The number of aryl methyl sites for hydroxylation is 2. The van der Waals surface area contributed by atoms with Crippen molar-refractivity contribution in [2.75, 3.05) is 49.1 Å². The number of benzene rings is 2. The average molecular weight is 529 g/mol. The molecule has 4 rings (SSSR count). The van der Waals surface area contributed by atoms with Gasteiger partial charge < -0.3 is 30.7 Å². The van der Waals surface area contributed by atoms with Crippen molar-refractivity contribution in [3.8, 4) is 0 Å². The van der Waals surface area contributed by atoms with E-state index >= 15 is 0 Å². The number of nitrogens with two attached hydrogens (primary N) is 2. The van der Waals surface area contributed by atoms with Crippen molar-refractivity contribution >= 4 is 23.3 Å². The van der Waals surface area contributed by atoms with Gasteiger partial charge in [0.05, 0.1) is 13.1 Å². The molecule has 0 radical (unpaired) electrons. The number of esters is 2. The van der Waals surface area contributed by atoms with Crippen LogP contribution in [0.25, 0.3) is 0 Å². The molecule has 2 aromatic carbocycles. The van der Waals surface area contributed by atoms with Gasteiger partial charge in [-0.3, -0.25) is 0 Å². The van der Waals surface area contributed by atoms with Crippen LogP contribution in [-0.4, -0.2) is 63.4 Å². The maximum atomic E-state index is 13.9. The van der Waals surface area contributed by atoms with Crippen LogP contribution in [0.1, 0.15) is 22.3 Å². The molecular formula is C28H34F2N4O4. The van der Waals surface area contributed by atoms with Crippen molar-refractivity contribution in [1.82, 2.24) is 0 Å². The minimum atomic E-state index is -0.720. The standard InChI is InChI=1S/C28H34F2N4O4/c1-17-9-25-19(11-23(17)29)5-7-33(25)15-21(13-31)37-27(35)3-4-28(36)38-22(14-32)16-34-8-6-20-12-24(30)18(2)10-26(20)34/h3-4,9-12,21-22H,5-8,13-16,31-32H2,1-2H3/b4-3+. The predicted molar refractivity (Wildman–Crippen MR) is 141 cm³/mol. The van der Waals surface area contributed by atoms with Crippen LogP contribution in [0.4, 0.5) is 20.2 Å². The topological polar surface area (TPSA) is 111 Å². The highest BCUT2D eigenvalue weighted by Crippen LogP contribution is 2.31. The Balaban J connectivity index is 1.28. The molecule has 2 unspecified atom stereocenters. The van der Waals surface area contributed by atoms with E-state index in [1.165, 1.54) is 0 Å². The summed E-state index contributed by atoms with van der Waals surface area (Å²) in [6, 6.07) is 6.66. The quantitative estimate of drug-likeness (QED) is 0.357. The second kappa shape index (κ2) is 11.9. The van der Waals surface area contributed by atoms with Crippen molar-refractivity contribution in [1.29, 1.82) is 0 Å². The van der Waals surface area contributed by atoms with Crippen molar-refractivity contribution < 1.29 is 27.8 Å². The summed E-state index contributed by atoms with van der Waals surface area (Å²) in [6.07, 6.45) is 2.19. The molecule has 0 aromatic heterocycles. The molecule has 0 amide bonds. The van der Waals surface area contributed by atoms with E-state index in [4.69, 9.17) is 20.9 Å². The lowest BCUT2D eigenvalue weighted by Crippen LogP contribution is -2.39. The summed E-state index contributed by atoms with van der Waals surface area (Å²) >= 11 is 0. The first-order chi connectivity index (χ1) is 18.2. The normalized spacial score (nSPS) is 15.9. The van der Waals surface area contributed by atoms with Crippen LogP contribution in [0.5, 0.6) is 0 Å². The fourth-order valence-electron chi connectivity index (χ4n) is 4.89. The van der Waals surface area contributed by atoms with Gasteiger partial charge in [-0.15, -0.1) is 0 Å². The van der Waals surface area contributed by atoms with Gasteiger partial charge in [-0.05, 0) is 73.2 Å². The van der Waals surface area contributed by atoms with Gasteiger partial charge in [-0.1, -0.05) is 0 Å². The van der Waals surface area contributed by atoms with E-state index in [0.29, 0.717) is 50.1 Å². The highest BCUT2D eigenvalue weighted by molar-refractivity contribution is 5.91. The average Bonchev–Trinajstić information content (AvgIpc) is 3.45. The van der Waals surface area contributed by atoms with E-state index in [2.05, 4.69) is 0 Å². The van der Waals surface area contributed by atoms with Gasteiger partial charge in [0, 0.05) is 49.7 Å². The lowest BCUT2D eigenvalue weighted by molar-refractivity contribution is -0.145. The van der Waals surface area contributed by atoms with Gasteiger partial charge in [0.25, 0.3) is 0 Å². The van der Waals surface area contributed by atoms with Crippen molar-refractivity contribution in [2.45, 2.75) is 38.9 Å². The number of nitrogens with zero attached hydrogens (tertiary/aromatic N) is 2. The Kier molecular flexibility index (Phi) is 8.63. The van der Waals surface area contributed by atoms with Crippen LogP contribution in [0.15, 0.2) is 36.4 Å². The van der Waals surface area contributed by atoms with Gasteiger partial charge >= 0.3 is 11.9 Å². The van der Waals surface area contributed by atoms with Crippen LogP contribution in [0.2, 0.25) is 0 Å². The number of anilines is 2. The Bertz CT molecular complexity index is 1140. The van der Waals surface area contributed by atoms with E-state index in [1.807, 2.05) is 9.80 Å². The van der Waals surface area contributed by atoms with Gasteiger partial charge in [-0.2, -0.15) is 0 Å². The second-order valence-electron chi connectivity index (χ2n) is 9.77. The van der Waals surface area contributed by atoms with Crippen LogP contribution in [0, 0.1) is 25.5 Å². The first kappa shape index (κ1) is 27.5. The summed E-state index contributed by atoms with van der Waals surface area (Å²) in [5, 5.41) is 0. The Labute approximate surface area is 221 Å². The molecule has 38 heavy (non-hydrogen) atoms. The Hall–Kier alpha value is -3.50. The molecule has 10 heteroatoms. The summed E-state index contributed by atoms with van der Waals surface area (Å²) in [5.74, 6) is -1.92. The molecule has 0 saturated carbocycles. The summed E-state index contributed by atoms with van der Waals surface area (Å²) in [6.45, 7) is 5.65. The molecule has 0 saturated heterocycles. The summed E-state index contributed by atoms with van der Waals surface area (Å²) in [4.78, 5) is 28.8. The third-order valence-corrected chi connectivity index (χ3v) is 7.00. The van der Waals surface area contributed by atoms with E-state index in [-0.39, 0.29) is 24.7 Å². The Morgan fingerprint density at radius 2 is 1.21 bits per heavy atom. The van der Waals surface area contributed by atoms with E-state index in [9.17, 15) is 18.4 Å². The second-order valence-corrected chi connectivity index (χ2v) is 9.77. The van der Waals surface area contributed by atoms with Crippen molar-refractivity contribution in [3.05, 3.63) is 70.3 Å². The zero-order chi connectivity index (χ0) is 27.4. The number of halogens is 2. The number of carbonyl (C=O) groups is 2. The molecule has 0 fully saturated rings. The molecule has 0 aliphatic carbocycles. The van der Waals surface area contributed by atoms with Crippen molar-refractivity contribution in [3.63, 3.8) is 0 Å². The number of rotatable bonds is 10. The molecule has 204 valence electrons. The zero-order valence-electron chi connectivity index (χ0n) is 21.7. The lowest BCUT2D eigenvalue weighted by Gasteiger charge is -2.25. The van der Waals surface area contributed by atoms with E-state index in [0.717, 1.165) is 34.7 Å². The van der Waals surface area contributed by atoms with Crippen LogP contribution in [0.3, 0.4) is 0 Å². The number of carbonyl (C=O) groups excluding carboxylic acids is 2. The first-order valence-corrected chi connectivity index (χ1v) is 12.8. The molecule has 2 aliphatic rings. The van der Waals surface area contributed by atoms with Crippen molar-refractivity contribution in [2.24, 2.45) is 11.5 Å². The largest absolute Gasteiger partial charge is 0.456 e. The SMILES string of the molecule is Cc1cc2c(cc1F)CCN2CC(CN)OC(=O)/C=C/C(=O)OC(CN)CN1CCc2cc(F)c(C)cc21. The number of fused-ring (bicyclic) bond motifs is 2. The predicted octanol–water partition coefficient (Wildman–Crippen LogP) is 2.30. The van der Waals surface area contributed by atoms with E-state index < -0.39 is 24.1 Å². The Morgan fingerprint density at radius 3 is 1.58 bits per heavy atom. The monoisotopic (exact) mass is 528 g/mol. The molecule has 2 heterocycles. The summed E-state index contributed by atoms with van der Waals surface area (Å²) in [7, 11) is 0.